The number of carbonyl (C=O) groups is 2. The molecule has 0 saturated heterocycles. The fourth-order valence-electron chi connectivity index (χ4n) is 1.60. The third-order valence-electron chi connectivity index (χ3n) is 2.78. The van der Waals surface area contributed by atoms with Crippen LogP contribution in [0.5, 0.6) is 0 Å². The summed E-state index contributed by atoms with van der Waals surface area (Å²) in [6, 6.07) is 4.28. The lowest BCUT2D eigenvalue weighted by Crippen LogP contribution is -2.46. The molecule has 0 aliphatic carbocycles. The number of aliphatic hydroxyl groups excluding tert-OH is 2. The number of hydroxylamine groups is 1. The molecule has 0 amide bonds. The first-order valence-electron chi connectivity index (χ1n) is 6.43. The summed E-state index contributed by atoms with van der Waals surface area (Å²) in [7, 11) is 0. The number of nitrogens with zero attached hydrogens (tertiary/aromatic N) is 3. The van der Waals surface area contributed by atoms with E-state index < -0.39 is 36.1 Å². The Morgan fingerprint density at radius 2 is 1.76 bits per heavy atom. The summed E-state index contributed by atoms with van der Waals surface area (Å²) in [6.07, 6.45) is -4.60. The number of aliphatic hydroxyl groups is 2. The van der Waals surface area contributed by atoms with Crippen LogP contribution in [-0.4, -0.2) is 46.3 Å². The van der Waals surface area contributed by atoms with Gasteiger partial charge >= 0.3 is 11.9 Å². The third-order valence-corrected chi connectivity index (χ3v) is 3.59. The van der Waals surface area contributed by atoms with Gasteiger partial charge in [0.1, 0.15) is 5.69 Å². The van der Waals surface area contributed by atoms with E-state index in [1.807, 2.05) is 0 Å². The molecular formula is C12H11Cl2N5O6. The van der Waals surface area contributed by atoms with Crippen LogP contribution < -0.4 is 16.5 Å². The van der Waals surface area contributed by atoms with E-state index in [-0.39, 0.29) is 15.7 Å². The van der Waals surface area contributed by atoms with Crippen molar-refractivity contribution in [2.45, 2.75) is 12.2 Å². The van der Waals surface area contributed by atoms with Crippen LogP contribution in [0.4, 0.5) is 5.69 Å². The van der Waals surface area contributed by atoms with E-state index in [1.54, 1.807) is 0 Å². The molecule has 1 aromatic carbocycles. The maximum Gasteiger partial charge on any atom is 0.366 e. The molecule has 2 unspecified atom stereocenters. The monoisotopic (exact) mass is 391 g/mol. The molecule has 25 heavy (non-hydrogen) atoms. The largest absolute Gasteiger partial charge is 0.379 e. The number of nitrogens with two attached hydrogens (primary N) is 2. The molecule has 0 saturated carbocycles. The standard InChI is InChI=1S/C12H11Cl2N5O6/c13-4-2-1-3-5(6(4)14)19-12(16)17-11(15)18-24-9(22)7(20)8(21)10(23)25-19/h1-3,7-8,20-21H,(H4,15,16,17,18). The fraction of sp³-hybridized carbons (Fsp3) is 0.167. The normalized spacial score (nSPS) is 26.5. The highest BCUT2D eigenvalue weighted by Gasteiger charge is 2.36. The minimum atomic E-state index is -2.31. The summed E-state index contributed by atoms with van der Waals surface area (Å²) in [5.74, 6) is -4.12. The highest BCUT2D eigenvalue weighted by Crippen LogP contribution is 2.32. The van der Waals surface area contributed by atoms with Crippen molar-refractivity contribution in [2.75, 3.05) is 5.06 Å². The van der Waals surface area contributed by atoms with Crippen LogP contribution in [0, 0.1) is 0 Å². The van der Waals surface area contributed by atoms with Crippen molar-refractivity contribution in [1.82, 2.24) is 0 Å². The van der Waals surface area contributed by atoms with E-state index in [0.29, 0.717) is 5.06 Å². The van der Waals surface area contributed by atoms with Crippen molar-refractivity contribution in [3.63, 3.8) is 0 Å². The molecule has 0 spiro atoms. The van der Waals surface area contributed by atoms with E-state index in [0.717, 1.165) is 0 Å². The van der Waals surface area contributed by atoms with Crippen molar-refractivity contribution in [2.24, 2.45) is 21.6 Å². The molecule has 0 bridgehead atoms. The van der Waals surface area contributed by atoms with E-state index in [9.17, 15) is 19.8 Å². The van der Waals surface area contributed by atoms with Crippen LogP contribution in [-0.2, 0) is 19.3 Å². The summed E-state index contributed by atoms with van der Waals surface area (Å²) in [4.78, 5) is 36.1. The van der Waals surface area contributed by atoms with Gasteiger partial charge in [0.05, 0.1) is 10.0 Å². The Kier molecular flexibility index (Phi) is 5.64. The summed E-state index contributed by atoms with van der Waals surface area (Å²) >= 11 is 11.9. The van der Waals surface area contributed by atoms with E-state index >= 15 is 0 Å². The molecule has 2 rings (SSSR count). The number of hydrogen-bond donors (Lipinski definition) is 4. The summed E-state index contributed by atoms with van der Waals surface area (Å²) < 4.78 is 0. The van der Waals surface area contributed by atoms with Crippen molar-refractivity contribution < 1.29 is 29.5 Å². The van der Waals surface area contributed by atoms with Crippen LogP contribution in [0.3, 0.4) is 0 Å². The molecule has 134 valence electrons. The average Bonchev–Trinajstić information content (AvgIpc) is 2.58. The molecule has 1 aliphatic rings. The maximum absolute atomic E-state index is 12.0. The first kappa shape index (κ1) is 18.7. The zero-order valence-electron chi connectivity index (χ0n) is 12.2. The van der Waals surface area contributed by atoms with Crippen molar-refractivity contribution in [1.29, 1.82) is 0 Å². The smallest absolute Gasteiger partial charge is 0.366 e. The van der Waals surface area contributed by atoms with Gasteiger partial charge in [-0.25, -0.2) is 9.59 Å². The Hall–Kier alpha value is -2.60. The quantitative estimate of drug-likeness (QED) is 0.441. The van der Waals surface area contributed by atoms with Crippen LogP contribution in [0.15, 0.2) is 28.3 Å². The maximum atomic E-state index is 12.0. The van der Waals surface area contributed by atoms with Gasteiger partial charge in [0.25, 0.3) is 5.96 Å². The van der Waals surface area contributed by atoms with Crippen LogP contribution in [0.25, 0.3) is 0 Å². The predicted octanol–water partition coefficient (Wildman–Crippen LogP) is -0.919. The predicted molar refractivity (Wildman–Crippen MR) is 86.4 cm³/mol. The van der Waals surface area contributed by atoms with Gasteiger partial charge < -0.3 is 31.4 Å². The summed E-state index contributed by atoms with van der Waals surface area (Å²) in [5.41, 5.74) is 11.0. The molecule has 1 aromatic rings. The van der Waals surface area contributed by atoms with E-state index in [4.69, 9.17) is 39.5 Å². The zero-order valence-corrected chi connectivity index (χ0v) is 13.7. The van der Waals surface area contributed by atoms with Crippen LogP contribution in [0.1, 0.15) is 0 Å². The van der Waals surface area contributed by atoms with Gasteiger partial charge in [-0.1, -0.05) is 29.3 Å². The Labute approximate surface area is 149 Å². The van der Waals surface area contributed by atoms with Crippen LogP contribution >= 0.6 is 23.2 Å². The van der Waals surface area contributed by atoms with Gasteiger partial charge in [-0.05, 0) is 17.3 Å². The number of hydrogen-bond acceptors (Lipinski definition) is 11. The lowest BCUT2D eigenvalue weighted by atomic mass is 10.2. The van der Waals surface area contributed by atoms with Crippen LogP contribution in [0.2, 0.25) is 10.0 Å². The lowest BCUT2D eigenvalue weighted by molar-refractivity contribution is -0.172. The highest BCUT2D eigenvalue weighted by atomic mass is 35.5. The number of anilines is 1. The Bertz CT molecular complexity index is 770. The second-order valence-corrected chi connectivity index (χ2v) is 5.28. The molecular weight excluding hydrogens is 381 g/mol. The van der Waals surface area contributed by atoms with Crippen molar-refractivity contribution >= 4 is 52.7 Å². The minimum absolute atomic E-state index is 0.0373. The van der Waals surface area contributed by atoms with E-state index in [1.165, 1.54) is 18.2 Å². The SMILES string of the molecule is NC1=N/OC(=O)C(O)C(O)C(=O)ON(c2cccc(Cl)c2Cl)\C(N)=N\1. The summed E-state index contributed by atoms with van der Waals surface area (Å²) in [5, 5.41) is 23.0. The lowest BCUT2D eigenvalue weighted by Gasteiger charge is -2.24. The molecule has 1 aliphatic heterocycles. The molecule has 13 heteroatoms. The second kappa shape index (κ2) is 7.53. The number of rotatable bonds is 1. The van der Waals surface area contributed by atoms with Gasteiger partial charge in [0.2, 0.25) is 5.96 Å². The van der Waals surface area contributed by atoms with E-state index in [2.05, 4.69) is 15.0 Å². The third kappa shape index (κ3) is 4.09. The summed E-state index contributed by atoms with van der Waals surface area (Å²) in [6.45, 7) is 0. The number of halogens is 2. The molecule has 1 heterocycles. The Morgan fingerprint density at radius 3 is 2.44 bits per heavy atom. The first-order chi connectivity index (χ1) is 11.7. The minimum Gasteiger partial charge on any atom is -0.379 e. The number of guanidine groups is 2. The first-order valence-corrected chi connectivity index (χ1v) is 7.18. The Morgan fingerprint density at radius 1 is 1.12 bits per heavy atom. The second-order valence-electron chi connectivity index (χ2n) is 4.50. The number of oxime groups is 1. The molecule has 0 radical (unpaired) electrons. The molecule has 0 fully saturated rings. The Balaban J connectivity index is 2.53. The zero-order chi connectivity index (χ0) is 18.7. The van der Waals surface area contributed by atoms with Crippen molar-refractivity contribution in [3.05, 3.63) is 28.2 Å². The van der Waals surface area contributed by atoms with Gasteiger partial charge in [-0.3, -0.25) is 0 Å². The van der Waals surface area contributed by atoms with Gasteiger partial charge in [0.15, 0.2) is 12.2 Å². The highest BCUT2D eigenvalue weighted by molar-refractivity contribution is 6.44. The number of aliphatic imine (C=N–C) groups is 1. The average molecular weight is 392 g/mol. The molecule has 11 nitrogen and oxygen atoms in total. The van der Waals surface area contributed by atoms with Gasteiger partial charge in [0, 0.05) is 0 Å². The van der Waals surface area contributed by atoms with Gasteiger partial charge in [-0.2, -0.15) is 4.99 Å². The molecule has 6 N–H and O–H groups in total. The fourth-order valence-corrected chi connectivity index (χ4v) is 1.97. The van der Waals surface area contributed by atoms with Gasteiger partial charge in [-0.15, -0.1) is 5.06 Å². The number of benzene rings is 1. The van der Waals surface area contributed by atoms with Crippen molar-refractivity contribution in [3.8, 4) is 0 Å². The number of carbonyl (C=O) groups excluding carboxylic acids is 2. The topological polar surface area (TPSA) is 173 Å². The molecule has 0 aromatic heterocycles. The molecule has 2 atom stereocenters.